The third kappa shape index (κ3) is 3.23. The summed E-state index contributed by atoms with van der Waals surface area (Å²) in [6, 6.07) is 7.26. The molecule has 0 aliphatic heterocycles. The second-order valence-electron chi connectivity index (χ2n) is 3.72. The first kappa shape index (κ1) is 12.0. The van der Waals surface area contributed by atoms with E-state index < -0.39 is 9.84 Å². The lowest BCUT2D eigenvalue weighted by molar-refractivity contribution is 0.602. The summed E-state index contributed by atoms with van der Waals surface area (Å²) in [6.45, 7) is 4.08. The monoisotopic (exact) mass is 227 g/mol. The number of nitrogens with one attached hydrogen (secondary N) is 1. The van der Waals surface area contributed by atoms with Gasteiger partial charge in [0.05, 0.1) is 10.6 Å². The lowest BCUT2D eigenvalue weighted by atomic mass is 10.2. The van der Waals surface area contributed by atoms with E-state index in [-0.39, 0.29) is 6.04 Å². The Morgan fingerprint density at radius 3 is 2.47 bits per heavy atom. The molecule has 84 valence electrons. The van der Waals surface area contributed by atoms with Crippen LogP contribution in [-0.2, 0) is 9.84 Å². The highest BCUT2D eigenvalue weighted by atomic mass is 32.2. The van der Waals surface area contributed by atoms with Crippen molar-refractivity contribution in [2.24, 2.45) is 0 Å². The summed E-state index contributed by atoms with van der Waals surface area (Å²) < 4.78 is 23.0. The molecule has 1 unspecified atom stereocenters. The quantitative estimate of drug-likeness (QED) is 0.858. The smallest absolute Gasteiger partial charge is 0.177 e. The van der Waals surface area contributed by atoms with Crippen LogP contribution in [0.1, 0.15) is 20.3 Å². The average molecular weight is 227 g/mol. The molecule has 0 radical (unpaired) electrons. The summed E-state index contributed by atoms with van der Waals surface area (Å²) in [5.41, 5.74) is 0.689. The second-order valence-corrected chi connectivity index (χ2v) is 5.71. The number of benzene rings is 1. The minimum atomic E-state index is -3.15. The molecule has 0 fully saturated rings. The van der Waals surface area contributed by atoms with E-state index in [1.54, 1.807) is 18.2 Å². The normalized spacial score (nSPS) is 13.5. The van der Waals surface area contributed by atoms with Crippen LogP contribution in [0.2, 0.25) is 0 Å². The molecule has 0 amide bonds. The van der Waals surface area contributed by atoms with Crippen LogP contribution in [0, 0.1) is 0 Å². The first-order chi connectivity index (χ1) is 6.95. The fourth-order valence-corrected chi connectivity index (χ4v) is 2.13. The van der Waals surface area contributed by atoms with Crippen LogP contribution < -0.4 is 5.32 Å². The van der Waals surface area contributed by atoms with E-state index in [4.69, 9.17) is 0 Å². The van der Waals surface area contributed by atoms with Gasteiger partial charge in [-0.05, 0) is 25.5 Å². The molecule has 1 rings (SSSR count). The standard InChI is InChI=1S/C11H17NO2S/c1-4-9(2)12-10-7-5-6-8-11(10)15(3,13)14/h5-9,12H,4H2,1-3H3. The molecule has 0 saturated heterocycles. The molecule has 1 atom stereocenters. The van der Waals surface area contributed by atoms with Crippen LogP contribution >= 0.6 is 0 Å². The summed E-state index contributed by atoms with van der Waals surface area (Å²) in [4.78, 5) is 0.366. The summed E-state index contributed by atoms with van der Waals surface area (Å²) in [6.07, 6.45) is 2.18. The molecular formula is C11H17NO2S. The molecule has 0 aliphatic rings. The van der Waals surface area contributed by atoms with Crippen molar-refractivity contribution in [1.29, 1.82) is 0 Å². The molecule has 1 aromatic carbocycles. The molecule has 0 bridgehead atoms. The third-order valence-electron chi connectivity index (χ3n) is 2.30. The Bertz CT molecular complexity index is 426. The van der Waals surface area contributed by atoms with Gasteiger partial charge >= 0.3 is 0 Å². The summed E-state index contributed by atoms with van der Waals surface area (Å²) in [5.74, 6) is 0. The Labute approximate surface area is 91.4 Å². The highest BCUT2D eigenvalue weighted by Crippen LogP contribution is 2.21. The van der Waals surface area contributed by atoms with Gasteiger partial charge in [0.15, 0.2) is 9.84 Å². The maximum absolute atomic E-state index is 11.5. The zero-order chi connectivity index (χ0) is 11.5. The van der Waals surface area contributed by atoms with E-state index in [1.165, 1.54) is 6.26 Å². The number of sulfone groups is 1. The maximum atomic E-state index is 11.5. The van der Waals surface area contributed by atoms with Gasteiger partial charge in [-0.25, -0.2) is 8.42 Å². The molecule has 0 aliphatic carbocycles. The SMILES string of the molecule is CCC(C)Nc1ccccc1S(C)(=O)=O. The predicted molar refractivity (Wildman–Crippen MR) is 62.9 cm³/mol. The van der Waals surface area contributed by atoms with Gasteiger partial charge in [0, 0.05) is 12.3 Å². The van der Waals surface area contributed by atoms with E-state index in [0.29, 0.717) is 10.6 Å². The van der Waals surface area contributed by atoms with Crippen molar-refractivity contribution >= 4 is 15.5 Å². The van der Waals surface area contributed by atoms with Gasteiger partial charge in [-0.15, -0.1) is 0 Å². The van der Waals surface area contributed by atoms with Gasteiger partial charge in [0.1, 0.15) is 0 Å². The zero-order valence-corrected chi connectivity index (χ0v) is 10.1. The third-order valence-corrected chi connectivity index (χ3v) is 3.46. The van der Waals surface area contributed by atoms with Crippen LogP contribution in [-0.4, -0.2) is 20.7 Å². The van der Waals surface area contributed by atoms with Crippen molar-refractivity contribution < 1.29 is 8.42 Å². The summed E-state index contributed by atoms with van der Waals surface area (Å²) >= 11 is 0. The van der Waals surface area contributed by atoms with Crippen molar-refractivity contribution in [3.63, 3.8) is 0 Å². The molecule has 4 heteroatoms. The number of hydrogen-bond donors (Lipinski definition) is 1. The maximum Gasteiger partial charge on any atom is 0.177 e. The summed E-state index contributed by atoms with van der Waals surface area (Å²) in [7, 11) is -3.15. The zero-order valence-electron chi connectivity index (χ0n) is 9.32. The highest BCUT2D eigenvalue weighted by Gasteiger charge is 2.13. The molecule has 1 N–H and O–H groups in total. The van der Waals surface area contributed by atoms with Crippen LogP contribution in [0.25, 0.3) is 0 Å². The van der Waals surface area contributed by atoms with Crippen LogP contribution in [0.3, 0.4) is 0 Å². The lowest BCUT2D eigenvalue weighted by Gasteiger charge is -2.15. The van der Waals surface area contributed by atoms with Gasteiger partial charge in [-0.1, -0.05) is 19.1 Å². The minimum Gasteiger partial charge on any atom is -0.382 e. The topological polar surface area (TPSA) is 46.2 Å². The molecule has 0 saturated carbocycles. The van der Waals surface area contributed by atoms with Crippen LogP contribution in [0.4, 0.5) is 5.69 Å². The van der Waals surface area contributed by atoms with Crippen molar-refractivity contribution in [2.75, 3.05) is 11.6 Å². The van der Waals surface area contributed by atoms with Crippen molar-refractivity contribution in [3.05, 3.63) is 24.3 Å². The van der Waals surface area contributed by atoms with E-state index in [9.17, 15) is 8.42 Å². The van der Waals surface area contributed by atoms with Crippen LogP contribution in [0.5, 0.6) is 0 Å². The second kappa shape index (κ2) is 4.66. The molecule has 3 nitrogen and oxygen atoms in total. The first-order valence-electron chi connectivity index (χ1n) is 5.00. The molecular weight excluding hydrogens is 210 g/mol. The van der Waals surface area contributed by atoms with Gasteiger partial charge in [0.25, 0.3) is 0 Å². The van der Waals surface area contributed by atoms with Crippen LogP contribution in [0.15, 0.2) is 29.2 Å². The van der Waals surface area contributed by atoms with E-state index in [0.717, 1.165) is 6.42 Å². The summed E-state index contributed by atoms with van der Waals surface area (Å²) in [5, 5.41) is 3.19. The Hall–Kier alpha value is -1.03. The van der Waals surface area contributed by atoms with E-state index in [1.807, 2.05) is 13.0 Å². The lowest BCUT2D eigenvalue weighted by Crippen LogP contribution is -2.15. The average Bonchev–Trinajstić information content (AvgIpc) is 2.17. The van der Waals surface area contributed by atoms with Crippen molar-refractivity contribution in [2.45, 2.75) is 31.2 Å². The Kier molecular flexibility index (Phi) is 3.74. The number of hydrogen-bond acceptors (Lipinski definition) is 3. The van der Waals surface area contributed by atoms with E-state index in [2.05, 4.69) is 12.2 Å². The van der Waals surface area contributed by atoms with Gasteiger partial charge in [0.2, 0.25) is 0 Å². The molecule has 15 heavy (non-hydrogen) atoms. The van der Waals surface area contributed by atoms with Crippen molar-refractivity contribution in [1.82, 2.24) is 0 Å². The molecule has 1 aromatic rings. The molecule has 0 heterocycles. The number of rotatable bonds is 4. The minimum absolute atomic E-state index is 0.271. The highest BCUT2D eigenvalue weighted by molar-refractivity contribution is 7.90. The number of para-hydroxylation sites is 1. The fourth-order valence-electron chi connectivity index (χ4n) is 1.28. The first-order valence-corrected chi connectivity index (χ1v) is 6.90. The van der Waals surface area contributed by atoms with Gasteiger partial charge < -0.3 is 5.32 Å². The Balaban J connectivity index is 3.08. The van der Waals surface area contributed by atoms with Crippen molar-refractivity contribution in [3.8, 4) is 0 Å². The van der Waals surface area contributed by atoms with E-state index >= 15 is 0 Å². The fraction of sp³-hybridized carbons (Fsp3) is 0.455. The van der Waals surface area contributed by atoms with Gasteiger partial charge in [-0.2, -0.15) is 0 Å². The van der Waals surface area contributed by atoms with Gasteiger partial charge in [-0.3, -0.25) is 0 Å². The predicted octanol–water partition coefficient (Wildman–Crippen LogP) is 2.30. The molecule has 0 aromatic heterocycles. The Morgan fingerprint density at radius 2 is 1.93 bits per heavy atom. The molecule has 0 spiro atoms. The number of anilines is 1. The largest absolute Gasteiger partial charge is 0.382 e. The Morgan fingerprint density at radius 1 is 1.33 bits per heavy atom.